The summed E-state index contributed by atoms with van der Waals surface area (Å²) in [5, 5.41) is 10.5. The highest BCUT2D eigenvalue weighted by atomic mass is 32.2. The molecule has 1 aromatic carbocycles. The van der Waals surface area contributed by atoms with Crippen molar-refractivity contribution < 1.29 is 9.18 Å². The Hall–Kier alpha value is -2.32. The van der Waals surface area contributed by atoms with E-state index in [1.807, 2.05) is 4.40 Å². The number of aryl methyl sites for hydroxylation is 1. The molecule has 3 heterocycles. The van der Waals surface area contributed by atoms with E-state index in [9.17, 15) is 9.18 Å². The van der Waals surface area contributed by atoms with E-state index in [-0.39, 0.29) is 17.4 Å². The van der Waals surface area contributed by atoms with Crippen LogP contribution in [0.15, 0.2) is 35.7 Å². The molecule has 0 N–H and O–H groups in total. The van der Waals surface area contributed by atoms with Crippen molar-refractivity contribution in [3.63, 3.8) is 0 Å². The standard InChI is InChI=1S/C20H17FN4OS2/c1-11-2-7-14-16(8-11)28-19-17(14)18-23-24-20(25(18)10-22-19)27-9-15(26)12-3-5-13(21)6-4-12/h3-6,10-11H,2,7-9H2,1H3/t11-/m1/s1. The van der Waals surface area contributed by atoms with Crippen LogP contribution in [-0.4, -0.2) is 31.1 Å². The van der Waals surface area contributed by atoms with Gasteiger partial charge in [0.25, 0.3) is 0 Å². The third-order valence-electron chi connectivity index (χ3n) is 5.17. The average Bonchev–Trinajstić information content (AvgIpc) is 3.26. The van der Waals surface area contributed by atoms with Crippen molar-refractivity contribution in [1.29, 1.82) is 0 Å². The monoisotopic (exact) mass is 412 g/mol. The van der Waals surface area contributed by atoms with E-state index in [0.29, 0.717) is 16.6 Å². The van der Waals surface area contributed by atoms with Gasteiger partial charge in [-0.3, -0.25) is 9.20 Å². The molecule has 0 bridgehead atoms. The lowest BCUT2D eigenvalue weighted by molar-refractivity contribution is 0.102. The zero-order valence-electron chi connectivity index (χ0n) is 15.2. The van der Waals surface area contributed by atoms with Crippen LogP contribution in [-0.2, 0) is 12.8 Å². The molecular weight excluding hydrogens is 395 g/mol. The molecule has 4 aromatic rings. The number of aromatic nitrogens is 4. The summed E-state index contributed by atoms with van der Waals surface area (Å²) in [4.78, 5) is 19.4. The molecule has 0 spiro atoms. The zero-order chi connectivity index (χ0) is 19.3. The van der Waals surface area contributed by atoms with Gasteiger partial charge in [-0.1, -0.05) is 18.7 Å². The summed E-state index contributed by atoms with van der Waals surface area (Å²) in [6.07, 6.45) is 5.08. The normalized spacial score (nSPS) is 16.6. The van der Waals surface area contributed by atoms with E-state index in [1.54, 1.807) is 17.7 Å². The smallest absolute Gasteiger partial charge is 0.197 e. The maximum absolute atomic E-state index is 13.0. The Bertz CT molecular complexity index is 1200. The van der Waals surface area contributed by atoms with Gasteiger partial charge in [0.1, 0.15) is 17.0 Å². The summed E-state index contributed by atoms with van der Waals surface area (Å²) in [6.45, 7) is 2.29. The minimum atomic E-state index is -0.351. The van der Waals surface area contributed by atoms with Crippen LogP contribution >= 0.6 is 23.1 Å². The Kier molecular flexibility index (Phi) is 4.40. The number of thioether (sulfide) groups is 1. The van der Waals surface area contributed by atoms with E-state index in [4.69, 9.17) is 0 Å². The molecule has 0 saturated heterocycles. The van der Waals surface area contributed by atoms with Crippen molar-refractivity contribution in [3.05, 3.63) is 52.4 Å². The molecule has 8 heteroatoms. The first-order valence-electron chi connectivity index (χ1n) is 9.15. The Morgan fingerprint density at radius 1 is 1.32 bits per heavy atom. The Morgan fingerprint density at radius 3 is 2.96 bits per heavy atom. The molecule has 0 saturated carbocycles. The number of hydrogen-bond donors (Lipinski definition) is 0. The van der Waals surface area contributed by atoms with Gasteiger partial charge in [-0.25, -0.2) is 9.37 Å². The number of rotatable bonds is 4. The van der Waals surface area contributed by atoms with Gasteiger partial charge >= 0.3 is 0 Å². The Balaban J connectivity index is 1.45. The minimum Gasteiger partial charge on any atom is -0.293 e. The van der Waals surface area contributed by atoms with Crippen LogP contribution in [0.4, 0.5) is 4.39 Å². The van der Waals surface area contributed by atoms with Crippen LogP contribution in [0.3, 0.4) is 0 Å². The van der Waals surface area contributed by atoms with Crippen molar-refractivity contribution in [2.75, 3.05) is 5.75 Å². The first kappa shape index (κ1) is 17.8. The fourth-order valence-electron chi connectivity index (χ4n) is 3.67. The number of hydrogen-bond acceptors (Lipinski definition) is 6. The largest absolute Gasteiger partial charge is 0.293 e. The molecule has 0 aliphatic heterocycles. The average molecular weight is 413 g/mol. The molecule has 0 fully saturated rings. The van der Waals surface area contributed by atoms with Gasteiger partial charge in [-0.05, 0) is 55.0 Å². The van der Waals surface area contributed by atoms with E-state index in [0.717, 1.165) is 28.7 Å². The van der Waals surface area contributed by atoms with Crippen LogP contribution in [0.25, 0.3) is 15.9 Å². The number of halogens is 1. The highest BCUT2D eigenvalue weighted by Gasteiger charge is 2.24. The fraction of sp³-hybridized carbons (Fsp3) is 0.300. The number of Topliss-reactive ketones (excluding diaryl/α,β-unsaturated/α-hetero) is 1. The van der Waals surface area contributed by atoms with Crippen molar-refractivity contribution in [2.24, 2.45) is 5.92 Å². The maximum atomic E-state index is 13.0. The second-order valence-electron chi connectivity index (χ2n) is 7.17. The topological polar surface area (TPSA) is 60.2 Å². The van der Waals surface area contributed by atoms with Crippen LogP contribution in [0.2, 0.25) is 0 Å². The number of benzene rings is 1. The highest BCUT2D eigenvalue weighted by Crippen LogP contribution is 2.39. The van der Waals surface area contributed by atoms with Crippen LogP contribution in [0.5, 0.6) is 0 Å². The molecule has 0 amide bonds. The van der Waals surface area contributed by atoms with Crippen molar-refractivity contribution in [3.8, 4) is 0 Å². The summed E-state index contributed by atoms with van der Waals surface area (Å²) in [5.74, 6) is 0.496. The lowest BCUT2D eigenvalue weighted by Crippen LogP contribution is -2.08. The SMILES string of the molecule is C[C@@H]1CCc2c(sc3ncn4c(SCC(=O)c5ccc(F)cc5)nnc4c23)C1. The first-order chi connectivity index (χ1) is 13.6. The molecule has 142 valence electrons. The molecule has 1 atom stereocenters. The minimum absolute atomic E-state index is 0.0716. The lowest BCUT2D eigenvalue weighted by atomic mass is 9.89. The third kappa shape index (κ3) is 3.00. The number of thiophene rings is 1. The number of ketones is 1. The van der Waals surface area contributed by atoms with Gasteiger partial charge in [0.2, 0.25) is 0 Å². The Labute approximate surface area is 169 Å². The molecular formula is C20H17FN4OS2. The van der Waals surface area contributed by atoms with Gasteiger partial charge in [-0.2, -0.15) is 0 Å². The maximum Gasteiger partial charge on any atom is 0.197 e. The molecule has 5 nitrogen and oxygen atoms in total. The van der Waals surface area contributed by atoms with E-state index >= 15 is 0 Å². The lowest BCUT2D eigenvalue weighted by Gasteiger charge is -2.17. The second kappa shape index (κ2) is 6.93. The summed E-state index contributed by atoms with van der Waals surface area (Å²) < 4.78 is 14.9. The molecule has 1 aliphatic rings. The van der Waals surface area contributed by atoms with Crippen molar-refractivity contribution in [2.45, 2.75) is 31.3 Å². The van der Waals surface area contributed by atoms with Gasteiger partial charge in [0.05, 0.1) is 11.1 Å². The van der Waals surface area contributed by atoms with Crippen molar-refractivity contribution in [1.82, 2.24) is 19.6 Å². The number of carbonyl (C=O) groups is 1. The zero-order valence-corrected chi connectivity index (χ0v) is 16.8. The van der Waals surface area contributed by atoms with Gasteiger partial charge in [0.15, 0.2) is 16.6 Å². The highest BCUT2D eigenvalue weighted by molar-refractivity contribution is 7.99. The molecule has 0 radical (unpaired) electrons. The molecule has 1 aliphatic carbocycles. The first-order valence-corrected chi connectivity index (χ1v) is 11.0. The van der Waals surface area contributed by atoms with E-state index in [1.165, 1.54) is 52.9 Å². The summed E-state index contributed by atoms with van der Waals surface area (Å²) >= 11 is 3.08. The van der Waals surface area contributed by atoms with E-state index < -0.39 is 0 Å². The van der Waals surface area contributed by atoms with Gasteiger partial charge in [0, 0.05) is 10.4 Å². The summed E-state index contributed by atoms with van der Waals surface area (Å²) in [6, 6.07) is 5.60. The molecule has 0 unspecified atom stereocenters. The number of fused-ring (bicyclic) bond motifs is 5. The predicted octanol–water partition coefficient (Wildman–Crippen LogP) is 4.58. The van der Waals surface area contributed by atoms with Gasteiger partial charge in [-0.15, -0.1) is 21.5 Å². The fourth-order valence-corrected chi connectivity index (χ4v) is 5.81. The van der Waals surface area contributed by atoms with Crippen LogP contribution in [0.1, 0.15) is 34.1 Å². The molecule has 28 heavy (non-hydrogen) atoms. The quantitative estimate of drug-likeness (QED) is 0.363. The van der Waals surface area contributed by atoms with Crippen LogP contribution in [0, 0.1) is 11.7 Å². The van der Waals surface area contributed by atoms with E-state index in [2.05, 4.69) is 22.1 Å². The summed E-state index contributed by atoms with van der Waals surface area (Å²) in [5.41, 5.74) is 2.67. The van der Waals surface area contributed by atoms with Crippen molar-refractivity contribution >= 4 is 44.7 Å². The number of nitrogens with zero attached hydrogens (tertiary/aromatic N) is 4. The van der Waals surface area contributed by atoms with Crippen LogP contribution < -0.4 is 0 Å². The van der Waals surface area contributed by atoms with Gasteiger partial charge < -0.3 is 0 Å². The molecule has 5 rings (SSSR count). The molecule has 3 aromatic heterocycles. The Morgan fingerprint density at radius 2 is 2.14 bits per heavy atom. The number of carbonyl (C=O) groups excluding carboxylic acids is 1. The summed E-state index contributed by atoms with van der Waals surface area (Å²) in [7, 11) is 0. The second-order valence-corrected chi connectivity index (χ2v) is 9.20. The predicted molar refractivity (Wildman–Crippen MR) is 109 cm³/mol. The third-order valence-corrected chi connectivity index (χ3v) is 7.28.